The number of anilines is 1. The van der Waals surface area contributed by atoms with Crippen molar-refractivity contribution in [3.8, 4) is 11.5 Å². The molecule has 2 aromatic carbocycles. The van der Waals surface area contributed by atoms with Crippen LogP contribution in [0.1, 0.15) is 22.8 Å². The normalized spacial score (nSPS) is 10.5. The second-order valence-electron chi connectivity index (χ2n) is 6.05. The lowest BCUT2D eigenvalue weighted by molar-refractivity contribution is -0.117. The summed E-state index contributed by atoms with van der Waals surface area (Å²) in [7, 11) is 5.05. The first-order valence-corrected chi connectivity index (χ1v) is 8.23. The van der Waals surface area contributed by atoms with E-state index in [-0.39, 0.29) is 18.2 Å². The number of amides is 1. The number of rotatable bonds is 8. The van der Waals surface area contributed by atoms with E-state index in [4.69, 9.17) is 9.47 Å². The maximum atomic E-state index is 12.2. The van der Waals surface area contributed by atoms with Crippen LogP contribution in [-0.4, -0.2) is 44.4 Å². The van der Waals surface area contributed by atoms with Gasteiger partial charge >= 0.3 is 0 Å². The van der Waals surface area contributed by atoms with Gasteiger partial charge < -0.3 is 14.8 Å². The van der Waals surface area contributed by atoms with Crippen LogP contribution in [0.2, 0.25) is 0 Å². The van der Waals surface area contributed by atoms with Crippen molar-refractivity contribution in [3.05, 3.63) is 53.6 Å². The van der Waals surface area contributed by atoms with Crippen molar-refractivity contribution >= 4 is 17.4 Å². The fourth-order valence-electron chi connectivity index (χ4n) is 2.61. The van der Waals surface area contributed by atoms with Gasteiger partial charge in [0.05, 0.1) is 20.8 Å². The Morgan fingerprint density at radius 2 is 1.77 bits per heavy atom. The Morgan fingerprint density at radius 3 is 2.42 bits per heavy atom. The van der Waals surface area contributed by atoms with Crippen molar-refractivity contribution in [3.63, 3.8) is 0 Å². The fraction of sp³-hybridized carbons (Fsp3) is 0.300. The summed E-state index contributed by atoms with van der Waals surface area (Å²) < 4.78 is 10.5. The molecule has 0 aliphatic carbocycles. The van der Waals surface area contributed by atoms with Gasteiger partial charge in [-0.3, -0.25) is 14.5 Å². The van der Waals surface area contributed by atoms with Crippen LogP contribution in [0.3, 0.4) is 0 Å². The summed E-state index contributed by atoms with van der Waals surface area (Å²) >= 11 is 0. The van der Waals surface area contributed by atoms with Crippen LogP contribution in [0.15, 0.2) is 42.5 Å². The zero-order valence-corrected chi connectivity index (χ0v) is 15.5. The molecule has 0 aliphatic heterocycles. The molecule has 26 heavy (non-hydrogen) atoms. The molecule has 0 fully saturated rings. The smallest absolute Gasteiger partial charge is 0.238 e. The lowest BCUT2D eigenvalue weighted by atomic mass is 10.1. The second-order valence-corrected chi connectivity index (χ2v) is 6.05. The van der Waals surface area contributed by atoms with Crippen molar-refractivity contribution < 1.29 is 19.1 Å². The molecular weight excluding hydrogens is 332 g/mol. The van der Waals surface area contributed by atoms with Gasteiger partial charge in [0.25, 0.3) is 0 Å². The number of methoxy groups -OCH3 is 2. The maximum absolute atomic E-state index is 12.2. The highest BCUT2D eigenvalue weighted by Gasteiger charge is 2.11. The Balaban J connectivity index is 1.95. The van der Waals surface area contributed by atoms with Gasteiger partial charge in [-0.1, -0.05) is 18.2 Å². The topological polar surface area (TPSA) is 67.9 Å². The van der Waals surface area contributed by atoms with Crippen LogP contribution in [0.5, 0.6) is 11.5 Å². The number of nitrogens with zero attached hydrogens (tertiary/aromatic N) is 1. The summed E-state index contributed by atoms with van der Waals surface area (Å²) in [6.07, 6.45) is 0. The third-order valence-corrected chi connectivity index (χ3v) is 3.87. The minimum absolute atomic E-state index is 0.0355. The van der Waals surface area contributed by atoms with Crippen molar-refractivity contribution in [1.29, 1.82) is 0 Å². The highest BCUT2D eigenvalue weighted by Crippen LogP contribution is 2.27. The van der Waals surface area contributed by atoms with Crippen molar-refractivity contribution in [1.82, 2.24) is 4.90 Å². The standard InChI is InChI=1S/C20H24N2O4/c1-14(23)16-6-5-7-17(11-16)21-20(24)13-22(2)12-15-8-9-18(25-3)19(10-15)26-4/h5-11H,12-13H2,1-4H3,(H,21,24). The SMILES string of the molecule is COc1ccc(CN(C)CC(=O)Nc2cccc(C(C)=O)c2)cc1OC. The van der Waals surface area contributed by atoms with Gasteiger partial charge in [0.15, 0.2) is 17.3 Å². The molecule has 0 saturated heterocycles. The van der Waals surface area contributed by atoms with Gasteiger partial charge in [-0.15, -0.1) is 0 Å². The van der Waals surface area contributed by atoms with E-state index in [1.807, 2.05) is 30.1 Å². The summed E-state index contributed by atoms with van der Waals surface area (Å²) in [6, 6.07) is 12.6. The molecule has 1 amide bonds. The molecule has 0 bridgehead atoms. The lowest BCUT2D eigenvalue weighted by Gasteiger charge is -2.17. The summed E-state index contributed by atoms with van der Waals surface area (Å²) in [6.45, 7) is 2.30. The molecule has 6 nitrogen and oxygen atoms in total. The van der Waals surface area contributed by atoms with Crippen LogP contribution in [0.4, 0.5) is 5.69 Å². The first kappa shape index (κ1) is 19.5. The Morgan fingerprint density at radius 1 is 1.04 bits per heavy atom. The van der Waals surface area contributed by atoms with E-state index in [0.717, 1.165) is 5.56 Å². The number of nitrogens with one attached hydrogen (secondary N) is 1. The average molecular weight is 356 g/mol. The molecule has 6 heteroatoms. The summed E-state index contributed by atoms with van der Waals surface area (Å²) in [5.74, 6) is 1.14. The van der Waals surface area contributed by atoms with Crippen LogP contribution >= 0.6 is 0 Å². The molecule has 2 aromatic rings. The molecule has 0 unspecified atom stereocenters. The van der Waals surface area contributed by atoms with E-state index in [1.54, 1.807) is 38.5 Å². The molecule has 138 valence electrons. The van der Waals surface area contributed by atoms with Crippen molar-refractivity contribution in [2.45, 2.75) is 13.5 Å². The molecule has 0 aliphatic rings. The number of ketones is 1. The predicted molar refractivity (Wildman–Crippen MR) is 101 cm³/mol. The van der Waals surface area contributed by atoms with Gasteiger partial charge in [-0.2, -0.15) is 0 Å². The third kappa shape index (κ3) is 5.32. The lowest BCUT2D eigenvalue weighted by Crippen LogP contribution is -2.29. The molecular formula is C20H24N2O4. The highest BCUT2D eigenvalue weighted by molar-refractivity contribution is 5.97. The zero-order valence-electron chi connectivity index (χ0n) is 15.5. The molecule has 0 spiro atoms. The fourth-order valence-corrected chi connectivity index (χ4v) is 2.61. The number of benzene rings is 2. The Kier molecular flexibility index (Phi) is 6.74. The highest BCUT2D eigenvalue weighted by atomic mass is 16.5. The van der Waals surface area contributed by atoms with E-state index in [2.05, 4.69) is 5.32 Å². The van der Waals surface area contributed by atoms with Crippen molar-refractivity contribution in [2.24, 2.45) is 0 Å². The van der Waals surface area contributed by atoms with Gasteiger partial charge in [0.2, 0.25) is 5.91 Å². The number of carbonyl (C=O) groups excluding carboxylic acids is 2. The number of carbonyl (C=O) groups is 2. The second kappa shape index (κ2) is 9.01. The van der Waals surface area contributed by atoms with Crippen LogP contribution in [0, 0.1) is 0 Å². The quantitative estimate of drug-likeness (QED) is 0.737. The molecule has 2 rings (SSSR count). The number of Topliss-reactive ketones (excluding diaryl/α,β-unsaturated/α-hetero) is 1. The van der Waals surface area contributed by atoms with Crippen molar-refractivity contribution in [2.75, 3.05) is 33.1 Å². The molecule has 0 aromatic heterocycles. The summed E-state index contributed by atoms with van der Waals surface area (Å²) in [4.78, 5) is 25.6. The van der Waals surface area contributed by atoms with Gasteiger partial charge in [0, 0.05) is 17.8 Å². The Hall–Kier alpha value is -2.86. The van der Waals surface area contributed by atoms with Crippen LogP contribution in [-0.2, 0) is 11.3 Å². The summed E-state index contributed by atoms with van der Waals surface area (Å²) in [5.41, 5.74) is 2.19. The molecule has 0 saturated carbocycles. The minimum atomic E-state index is -0.145. The Bertz CT molecular complexity index is 789. The van der Waals surface area contributed by atoms with E-state index < -0.39 is 0 Å². The van der Waals surface area contributed by atoms with Crippen LogP contribution in [0.25, 0.3) is 0 Å². The zero-order chi connectivity index (χ0) is 19.1. The molecule has 1 N–H and O–H groups in total. The van der Waals surface area contributed by atoms with Gasteiger partial charge in [-0.05, 0) is 43.8 Å². The maximum Gasteiger partial charge on any atom is 0.238 e. The van der Waals surface area contributed by atoms with E-state index >= 15 is 0 Å². The van der Waals surface area contributed by atoms with Crippen LogP contribution < -0.4 is 14.8 Å². The summed E-state index contributed by atoms with van der Waals surface area (Å²) in [5, 5.41) is 2.82. The van der Waals surface area contributed by atoms with E-state index in [1.165, 1.54) is 6.92 Å². The number of hydrogen-bond donors (Lipinski definition) is 1. The first-order chi connectivity index (χ1) is 12.4. The minimum Gasteiger partial charge on any atom is -0.493 e. The van der Waals surface area contributed by atoms with Gasteiger partial charge in [0.1, 0.15) is 0 Å². The largest absolute Gasteiger partial charge is 0.493 e. The van der Waals surface area contributed by atoms with E-state index in [0.29, 0.717) is 29.3 Å². The van der Waals surface area contributed by atoms with E-state index in [9.17, 15) is 9.59 Å². The number of ether oxygens (including phenoxy) is 2. The molecule has 0 heterocycles. The van der Waals surface area contributed by atoms with Gasteiger partial charge in [-0.25, -0.2) is 0 Å². The monoisotopic (exact) mass is 356 g/mol. The molecule has 0 atom stereocenters. The number of hydrogen-bond acceptors (Lipinski definition) is 5. The first-order valence-electron chi connectivity index (χ1n) is 8.23. The third-order valence-electron chi connectivity index (χ3n) is 3.87. The average Bonchev–Trinajstić information content (AvgIpc) is 2.61. The number of likely N-dealkylation sites (N-methyl/N-ethyl adjacent to an activating group) is 1. The molecule has 0 radical (unpaired) electrons. The Labute approximate surface area is 153 Å². The predicted octanol–water partition coefficient (Wildman–Crippen LogP) is 2.98.